The number of allylic oxidation sites excluding steroid dienone is 2. The minimum Gasteiger partial charge on any atom is -0.327 e. The molecule has 0 radical (unpaired) electrons. The average Bonchev–Trinajstić information content (AvgIpc) is 2.87. The lowest BCUT2D eigenvalue weighted by atomic mass is 9.33. The second kappa shape index (κ2) is 9.02. The highest BCUT2D eigenvalue weighted by atomic mass is 16.7. The molecule has 0 aromatic rings. The molecule has 5 aliphatic carbocycles. The smallest absolute Gasteiger partial charge is 0.251 e. The van der Waals surface area contributed by atoms with Crippen LogP contribution in [0.3, 0.4) is 0 Å². The molecular formula is C34H54N2O3. The summed E-state index contributed by atoms with van der Waals surface area (Å²) in [7, 11) is 1.72. The zero-order valence-corrected chi connectivity index (χ0v) is 26.0. The van der Waals surface area contributed by atoms with Gasteiger partial charge in [0.15, 0.2) is 5.78 Å². The molecule has 5 aliphatic rings. The highest BCUT2D eigenvalue weighted by Gasteiger charge is 2.70. The first-order valence-corrected chi connectivity index (χ1v) is 15.5. The summed E-state index contributed by atoms with van der Waals surface area (Å²) in [6, 6.07) is 0.196. The van der Waals surface area contributed by atoms with Gasteiger partial charge in [0, 0.05) is 24.4 Å². The summed E-state index contributed by atoms with van der Waals surface area (Å²) in [5.74, 6) is 1.11. The number of hydroxylamine groups is 2. The second-order valence-electron chi connectivity index (χ2n) is 16.1. The molecule has 9 atom stereocenters. The second-order valence-corrected chi connectivity index (χ2v) is 16.1. The molecule has 5 rings (SSSR count). The quantitative estimate of drug-likeness (QED) is 0.313. The van der Waals surface area contributed by atoms with E-state index in [2.05, 4.69) is 61.1 Å². The van der Waals surface area contributed by atoms with E-state index in [1.165, 1.54) is 10.6 Å². The lowest BCUT2D eigenvalue weighted by molar-refractivity contribution is -0.195. The van der Waals surface area contributed by atoms with Crippen LogP contribution in [0, 0.1) is 50.2 Å². The number of carbonyl (C=O) groups is 2. The van der Waals surface area contributed by atoms with Gasteiger partial charge in [0.25, 0.3) is 5.91 Å². The zero-order chi connectivity index (χ0) is 28.8. The summed E-state index contributed by atoms with van der Waals surface area (Å²) in [6.45, 7) is 20.6. The minimum absolute atomic E-state index is 0.0303. The van der Waals surface area contributed by atoms with Crippen molar-refractivity contribution >= 4 is 11.7 Å². The van der Waals surface area contributed by atoms with Crippen LogP contribution in [0.5, 0.6) is 0 Å². The van der Waals surface area contributed by atoms with Crippen LogP contribution in [0.2, 0.25) is 0 Å². The van der Waals surface area contributed by atoms with Gasteiger partial charge in [-0.05, 0) is 103 Å². The fourth-order valence-corrected chi connectivity index (χ4v) is 11.0. The highest BCUT2D eigenvalue weighted by Crippen LogP contribution is 2.75. The van der Waals surface area contributed by atoms with Crippen molar-refractivity contribution in [3.63, 3.8) is 0 Å². The Morgan fingerprint density at radius 1 is 1.05 bits per heavy atom. The Labute approximate surface area is 237 Å². The number of carbonyl (C=O) groups excluding carboxylic acids is 2. The van der Waals surface area contributed by atoms with E-state index in [0.717, 1.165) is 57.8 Å². The molecular weight excluding hydrogens is 484 g/mol. The van der Waals surface area contributed by atoms with Crippen molar-refractivity contribution in [2.24, 2.45) is 56.0 Å². The van der Waals surface area contributed by atoms with Crippen molar-refractivity contribution in [1.29, 1.82) is 0 Å². The zero-order valence-electron chi connectivity index (χ0n) is 26.0. The predicted octanol–water partition coefficient (Wildman–Crippen LogP) is 6.87. The van der Waals surface area contributed by atoms with Gasteiger partial charge in [0.1, 0.15) is 0 Å². The lowest BCUT2D eigenvalue weighted by Gasteiger charge is -2.70. The van der Waals surface area contributed by atoms with Crippen molar-refractivity contribution in [3.05, 3.63) is 24.3 Å². The molecule has 0 bridgehead atoms. The molecule has 5 nitrogen and oxygen atoms in total. The monoisotopic (exact) mass is 538 g/mol. The topological polar surface area (TPSA) is 72.6 Å². The standard InChI is InChI=1S/C34H54N2O3/c1-10-19-39-36(9)28(38)31(5)16-15-30(4)17-18-33(7)22(23(30)21-31)20-24(37)27-32(6)13-12-26(35)29(2,3)25(32)11-14-34(27,33)8/h10,20,23,25-27H,1,11-19,21,35H2,2-9H3/t23-,25?,26-,27+,30+,31-,32-,33+,34+/m0/s1. The minimum atomic E-state index is -0.507. The van der Waals surface area contributed by atoms with Gasteiger partial charge in [0.2, 0.25) is 0 Å². The van der Waals surface area contributed by atoms with Crippen molar-refractivity contribution in [2.45, 2.75) is 112 Å². The van der Waals surface area contributed by atoms with Crippen LogP contribution in [0.25, 0.3) is 0 Å². The first kappa shape index (κ1) is 29.0. The van der Waals surface area contributed by atoms with Crippen molar-refractivity contribution in [1.82, 2.24) is 5.06 Å². The van der Waals surface area contributed by atoms with E-state index < -0.39 is 5.41 Å². The molecule has 0 saturated heterocycles. The number of amides is 1. The number of nitrogens with zero attached hydrogens (tertiary/aromatic N) is 1. The summed E-state index contributed by atoms with van der Waals surface area (Å²) in [4.78, 5) is 33.8. The van der Waals surface area contributed by atoms with Crippen LogP contribution >= 0.6 is 0 Å². The first-order valence-electron chi connectivity index (χ1n) is 15.5. The van der Waals surface area contributed by atoms with E-state index in [4.69, 9.17) is 10.6 Å². The van der Waals surface area contributed by atoms with Crippen LogP contribution in [0.4, 0.5) is 0 Å². The fourth-order valence-electron chi connectivity index (χ4n) is 11.0. The predicted molar refractivity (Wildman–Crippen MR) is 156 cm³/mol. The maximum atomic E-state index is 14.5. The van der Waals surface area contributed by atoms with E-state index in [-0.39, 0.29) is 50.9 Å². The maximum absolute atomic E-state index is 14.5. The van der Waals surface area contributed by atoms with Crippen molar-refractivity contribution in [2.75, 3.05) is 13.7 Å². The Morgan fingerprint density at radius 3 is 2.38 bits per heavy atom. The number of rotatable bonds is 4. The normalized spacial score (nSPS) is 48.5. The summed E-state index contributed by atoms with van der Waals surface area (Å²) < 4.78 is 0. The van der Waals surface area contributed by atoms with Crippen molar-refractivity contribution < 1.29 is 14.4 Å². The van der Waals surface area contributed by atoms with Crippen LogP contribution < -0.4 is 5.73 Å². The molecule has 218 valence electrons. The third-order valence-electron chi connectivity index (χ3n) is 13.9. The van der Waals surface area contributed by atoms with Gasteiger partial charge in [-0.2, -0.15) is 0 Å². The van der Waals surface area contributed by atoms with Gasteiger partial charge in [0.05, 0.1) is 6.61 Å². The lowest BCUT2D eigenvalue weighted by Crippen LogP contribution is -2.67. The maximum Gasteiger partial charge on any atom is 0.251 e. The molecule has 2 N–H and O–H groups in total. The molecule has 0 spiro atoms. The Hall–Kier alpha value is -1.46. The van der Waals surface area contributed by atoms with Crippen molar-refractivity contribution in [3.8, 4) is 0 Å². The molecule has 1 unspecified atom stereocenters. The van der Waals surface area contributed by atoms with Crippen LogP contribution in [-0.4, -0.2) is 36.5 Å². The SMILES string of the molecule is C=CCON(C)C(=O)[C@@]1(C)CC[C@]2(C)CC[C@]3(C)C(=CC(=O)[C@@H]4[C@@]5(C)CC[C@H](N)C(C)(C)C5CC[C@]43C)[C@@H]2C1. The van der Waals surface area contributed by atoms with Crippen LogP contribution in [-0.2, 0) is 14.4 Å². The molecule has 0 heterocycles. The van der Waals surface area contributed by atoms with E-state index >= 15 is 0 Å². The number of hydrogen-bond donors (Lipinski definition) is 1. The molecule has 1 amide bonds. The van der Waals surface area contributed by atoms with Gasteiger partial charge in [-0.3, -0.25) is 14.4 Å². The van der Waals surface area contributed by atoms with E-state index in [0.29, 0.717) is 18.3 Å². The fraction of sp³-hybridized carbons (Fsp3) is 0.824. The molecule has 0 aromatic carbocycles. The molecule has 39 heavy (non-hydrogen) atoms. The number of ketones is 1. The van der Waals surface area contributed by atoms with Gasteiger partial charge < -0.3 is 5.73 Å². The Balaban J connectivity index is 1.54. The van der Waals surface area contributed by atoms with Gasteiger partial charge in [-0.15, -0.1) is 6.58 Å². The molecule has 4 saturated carbocycles. The molecule has 0 aromatic heterocycles. The van der Waals surface area contributed by atoms with Gasteiger partial charge in [-0.25, -0.2) is 5.06 Å². The first-order chi connectivity index (χ1) is 18.0. The van der Waals surface area contributed by atoms with Gasteiger partial charge >= 0.3 is 0 Å². The molecule has 0 aliphatic heterocycles. The number of nitrogens with two attached hydrogens (primary N) is 1. The Morgan fingerprint density at radius 2 is 1.72 bits per heavy atom. The van der Waals surface area contributed by atoms with E-state index in [1.54, 1.807) is 13.1 Å². The number of hydrogen-bond acceptors (Lipinski definition) is 4. The summed E-state index contributed by atoms with van der Waals surface area (Å²) >= 11 is 0. The van der Waals surface area contributed by atoms with Gasteiger partial charge in [-0.1, -0.05) is 60.1 Å². The summed E-state index contributed by atoms with van der Waals surface area (Å²) in [6.07, 6.45) is 13.0. The third-order valence-corrected chi connectivity index (χ3v) is 13.9. The average molecular weight is 539 g/mol. The highest BCUT2D eigenvalue weighted by molar-refractivity contribution is 5.95. The Bertz CT molecular complexity index is 1100. The largest absolute Gasteiger partial charge is 0.327 e. The summed E-state index contributed by atoms with van der Waals surface area (Å²) in [5, 5.41) is 1.42. The van der Waals surface area contributed by atoms with Crippen LogP contribution in [0.15, 0.2) is 24.3 Å². The van der Waals surface area contributed by atoms with Crippen LogP contribution in [0.1, 0.15) is 106 Å². The van der Waals surface area contributed by atoms with E-state index in [9.17, 15) is 9.59 Å². The number of fused-ring (bicyclic) bond motifs is 7. The Kier molecular flexibility index (Phi) is 6.72. The molecule has 5 heteroatoms. The van der Waals surface area contributed by atoms with E-state index in [1.807, 2.05) is 0 Å². The third kappa shape index (κ3) is 3.84. The summed E-state index contributed by atoms with van der Waals surface area (Å²) in [5.41, 5.74) is 7.54. The molecule has 4 fully saturated rings.